The van der Waals surface area contributed by atoms with E-state index in [4.69, 9.17) is 36.5 Å². The van der Waals surface area contributed by atoms with Crippen LogP contribution in [-0.2, 0) is 9.59 Å². The topological polar surface area (TPSA) is 143 Å². The van der Waals surface area contributed by atoms with Crippen LogP contribution in [0.4, 0.5) is 0 Å². The average Bonchev–Trinajstić information content (AvgIpc) is 3.16. The highest BCUT2D eigenvalue weighted by molar-refractivity contribution is 6.31. The minimum atomic E-state index is -1.82. The van der Waals surface area contributed by atoms with Crippen molar-refractivity contribution in [2.75, 3.05) is 19.7 Å². The third-order valence-electron chi connectivity index (χ3n) is 4.40. The normalized spacial score (nSPS) is 12.6. The maximum atomic E-state index is 9.55. The van der Waals surface area contributed by atoms with Crippen LogP contribution in [0.5, 0.6) is 0 Å². The van der Waals surface area contributed by atoms with E-state index in [0.717, 1.165) is 27.1 Å². The zero-order valence-electron chi connectivity index (χ0n) is 16.0. The number of carbonyl (C=O) groups is 2. The van der Waals surface area contributed by atoms with Gasteiger partial charge in [-0.1, -0.05) is 48.0 Å². The van der Waals surface area contributed by atoms with Crippen molar-refractivity contribution >= 4 is 34.4 Å². The highest BCUT2D eigenvalue weighted by atomic mass is 35.5. The van der Waals surface area contributed by atoms with Crippen LogP contribution in [-0.4, -0.2) is 63.1 Å². The van der Waals surface area contributed by atoms with Crippen molar-refractivity contribution in [3.63, 3.8) is 0 Å². The molecule has 0 amide bonds. The summed E-state index contributed by atoms with van der Waals surface area (Å²) in [5.74, 6) is -3.61. The maximum Gasteiger partial charge on any atom is 0.414 e. The summed E-state index contributed by atoms with van der Waals surface area (Å²) in [4.78, 5) is 21.5. The van der Waals surface area contributed by atoms with Gasteiger partial charge < -0.3 is 30.7 Å². The Kier molecular flexibility index (Phi) is 8.82. The van der Waals surface area contributed by atoms with Crippen LogP contribution in [0.15, 0.2) is 54.7 Å². The molecule has 160 valence electrons. The first-order valence-corrected chi connectivity index (χ1v) is 9.49. The molecule has 2 atom stereocenters. The Morgan fingerprint density at radius 1 is 0.967 bits per heavy atom. The lowest BCUT2D eigenvalue weighted by molar-refractivity contribution is -0.159. The smallest absolute Gasteiger partial charge is 0.414 e. The molecule has 1 heterocycles. The van der Waals surface area contributed by atoms with Gasteiger partial charge in [0.2, 0.25) is 0 Å². The summed E-state index contributed by atoms with van der Waals surface area (Å²) in [5, 5.41) is 38.4. The Balaban J connectivity index is 0.000000469. The fourth-order valence-electron chi connectivity index (χ4n) is 2.99. The van der Waals surface area contributed by atoms with Gasteiger partial charge in [0.05, 0.1) is 12.7 Å². The molecule has 3 aromatic rings. The molecular weight excluding hydrogens is 412 g/mol. The number of benzene rings is 2. The van der Waals surface area contributed by atoms with Gasteiger partial charge in [-0.15, -0.1) is 0 Å². The van der Waals surface area contributed by atoms with Gasteiger partial charge in [0.25, 0.3) is 0 Å². The lowest BCUT2D eigenvalue weighted by Gasteiger charge is -2.20. The van der Waals surface area contributed by atoms with E-state index in [2.05, 4.69) is 16.4 Å². The molecule has 3 rings (SSSR count). The average molecular weight is 435 g/mol. The number of rotatable bonds is 7. The number of aliphatic carboxylic acids is 2. The number of nitrogens with one attached hydrogen (secondary N) is 2. The molecule has 9 heteroatoms. The fourth-order valence-corrected chi connectivity index (χ4v) is 3.25. The van der Waals surface area contributed by atoms with Crippen molar-refractivity contribution < 1.29 is 30.0 Å². The predicted octanol–water partition coefficient (Wildman–Crippen LogP) is 2.05. The monoisotopic (exact) mass is 434 g/mol. The molecular formula is C21H23ClN2O6. The molecule has 30 heavy (non-hydrogen) atoms. The van der Waals surface area contributed by atoms with Crippen LogP contribution < -0.4 is 5.32 Å². The Morgan fingerprint density at radius 3 is 2.23 bits per heavy atom. The molecule has 0 aliphatic rings. The quantitative estimate of drug-likeness (QED) is 0.312. The van der Waals surface area contributed by atoms with Crippen molar-refractivity contribution in [1.82, 2.24) is 10.3 Å². The largest absolute Gasteiger partial charge is 0.473 e. The van der Waals surface area contributed by atoms with Crippen LogP contribution in [0.1, 0.15) is 17.0 Å². The molecule has 6 N–H and O–H groups in total. The molecule has 2 unspecified atom stereocenters. The lowest BCUT2D eigenvalue weighted by Crippen LogP contribution is -2.32. The van der Waals surface area contributed by atoms with E-state index in [-0.39, 0.29) is 12.5 Å². The summed E-state index contributed by atoms with van der Waals surface area (Å²) in [6.07, 6.45) is 1.25. The summed E-state index contributed by atoms with van der Waals surface area (Å²) in [6, 6.07) is 16.0. The molecule has 0 aliphatic carbocycles. The van der Waals surface area contributed by atoms with Crippen molar-refractivity contribution in [3.05, 3.63) is 70.9 Å². The molecule has 0 radical (unpaired) electrons. The summed E-state index contributed by atoms with van der Waals surface area (Å²) in [6.45, 7) is 0.694. The van der Waals surface area contributed by atoms with Crippen molar-refractivity contribution in [1.29, 1.82) is 0 Å². The predicted molar refractivity (Wildman–Crippen MR) is 113 cm³/mol. The standard InChI is InChI=1S/C19H21ClN2O2.C2H2O4/c20-18-7-3-1-5-14(18)16(10-21-9-13(24)12-23)17-11-22-19-8-4-2-6-15(17)19;3-1(4)2(5)6/h1-8,11,13,16,21-24H,9-10,12H2;(H,3,4)(H,5,6). The Morgan fingerprint density at radius 2 is 1.60 bits per heavy atom. The first-order chi connectivity index (χ1) is 14.3. The van der Waals surface area contributed by atoms with Crippen molar-refractivity contribution in [2.24, 2.45) is 0 Å². The molecule has 0 aliphatic heterocycles. The van der Waals surface area contributed by atoms with E-state index in [1.807, 2.05) is 48.7 Å². The van der Waals surface area contributed by atoms with E-state index < -0.39 is 18.0 Å². The number of aromatic nitrogens is 1. The van der Waals surface area contributed by atoms with Gasteiger partial charge in [-0.3, -0.25) is 0 Å². The summed E-state index contributed by atoms with van der Waals surface area (Å²) in [7, 11) is 0. The third kappa shape index (κ3) is 6.30. The SMILES string of the molecule is O=C(O)C(=O)O.OCC(O)CNCC(c1ccccc1Cl)c1c[nH]c2ccccc12. The molecule has 0 bridgehead atoms. The van der Waals surface area contributed by atoms with Gasteiger partial charge in [0.1, 0.15) is 0 Å². The summed E-state index contributed by atoms with van der Waals surface area (Å²) < 4.78 is 0. The van der Waals surface area contributed by atoms with E-state index in [0.29, 0.717) is 13.1 Å². The van der Waals surface area contributed by atoms with Crippen LogP contribution in [0.3, 0.4) is 0 Å². The van der Waals surface area contributed by atoms with E-state index >= 15 is 0 Å². The van der Waals surface area contributed by atoms with Gasteiger partial charge >= 0.3 is 11.9 Å². The lowest BCUT2D eigenvalue weighted by atomic mass is 9.90. The van der Waals surface area contributed by atoms with Gasteiger partial charge in [-0.25, -0.2) is 9.59 Å². The zero-order chi connectivity index (χ0) is 22.1. The molecule has 1 aromatic heterocycles. The number of halogens is 1. The van der Waals surface area contributed by atoms with Crippen molar-refractivity contribution in [2.45, 2.75) is 12.0 Å². The number of carboxylic acid groups (broad SMARTS) is 2. The zero-order valence-corrected chi connectivity index (χ0v) is 16.7. The minimum absolute atomic E-state index is 0.0424. The summed E-state index contributed by atoms with van der Waals surface area (Å²) >= 11 is 6.43. The molecule has 0 saturated heterocycles. The summed E-state index contributed by atoms with van der Waals surface area (Å²) in [5.41, 5.74) is 3.28. The van der Waals surface area contributed by atoms with E-state index in [9.17, 15) is 5.11 Å². The van der Waals surface area contributed by atoms with Gasteiger partial charge in [0, 0.05) is 41.1 Å². The number of aromatic amines is 1. The van der Waals surface area contributed by atoms with Crippen LogP contribution in [0, 0.1) is 0 Å². The minimum Gasteiger partial charge on any atom is -0.473 e. The first-order valence-electron chi connectivity index (χ1n) is 9.11. The second-order valence-corrected chi connectivity index (χ2v) is 6.88. The second-order valence-electron chi connectivity index (χ2n) is 6.47. The van der Waals surface area contributed by atoms with Crippen molar-refractivity contribution in [3.8, 4) is 0 Å². The highest BCUT2D eigenvalue weighted by Crippen LogP contribution is 2.33. The maximum absolute atomic E-state index is 9.55. The van der Waals surface area contributed by atoms with E-state index in [1.54, 1.807) is 0 Å². The number of aliphatic hydroxyl groups is 2. The molecule has 0 spiro atoms. The van der Waals surface area contributed by atoms with Gasteiger partial charge in [0.15, 0.2) is 0 Å². The number of para-hydroxylation sites is 1. The number of hydrogen-bond donors (Lipinski definition) is 6. The molecule has 2 aromatic carbocycles. The molecule has 0 fully saturated rings. The highest BCUT2D eigenvalue weighted by Gasteiger charge is 2.20. The Labute approximate surface area is 177 Å². The van der Waals surface area contributed by atoms with Crippen LogP contribution in [0.25, 0.3) is 10.9 Å². The van der Waals surface area contributed by atoms with Gasteiger partial charge in [-0.2, -0.15) is 0 Å². The first kappa shape index (κ1) is 23.4. The van der Waals surface area contributed by atoms with Gasteiger partial charge in [-0.05, 0) is 23.3 Å². The number of fused-ring (bicyclic) bond motifs is 1. The molecule has 8 nitrogen and oxygen atoms in total. The van der Waals surface area contributed by atoms with E-state index in [1.165, 1.54) is 0 Å². The third-order valence-corrected chi connectivity index (χ3v) is 4.74. The number of H-pyrrole nitrogens is 1. The van der Waals surface area contributed by atoms with Crippen LogP contribution in [0.2, 0.25) is 5.02 Å². The number of hydrogen-bond acceptors (Lipinski definition) is 5. The Bertz CT molecular complexity index is 978. The number of carboxylic acids is 2. The Hall–Kier alpha value is -2.91. The fraction of sp³-hybridized carbons (Fsp3) is 0.238. The number of aliphatic hydroxyl groups excluding tert-OH is 2. The molecule has 0 saturated carbocycles. The second kappa shape index (κ2) is 11.3. The van der Waals surface area contributed by atoms with Crippen LogP contribution >= 0.6 is 11.6 Å².